The molecule has 2 fully saturated rings. The molecule has 8 heteroatoms. The van der Waals surface area contributed by atoms with Crippen LogP contribution in [0.25, 0.3) is 27.8 Å². The van der Waals surface area contributed by atoms with Gasteiger partial charge < -0.3 is 9.84 Å². The molecule has 3 aromatic heterocycles. The molecule has 1 N–H and O–H groups in total. The van der Waals surface area contributed by atoms with Crippen molar-refractivity contribution >= 4 is 16.9 Å². The first-order valence-electron chi connectivity index (χ1n) is 16.1. The Kier molecular flexibility index (Phi) is 7.35. The summed E-state index contributed by atoms with van der Waals surface area (Å²) in [5.74, 6) is 0.980. The third-order valence-electron chi connectivity index (χ3n) is 10.2. The second kappa shape index (κ2) is 11.2. The minimum atomic E-state index is -0.650. The van der Waals surface area contributed by atoms with Crippen molar-refractivity contribution in [3.63, 3.8) is 0 Å². The van der Waals surface area contributed by atoms with Gasteiger partial charge in [0.05, 0.1) is 47.8 Å². The second-order valence-electron chi connectivity index (χ2n) is 13.3. The first-order chi connectivity index (χ1) is 21.7. The fourth-order valence-electron chi connectivity index (χ4n) is 7.73. The normalized spacial score (nSPS) is 21.6. The first kappa shape index (κ1) is 29.4. The van der Waals surface area contributed by atoms with E-state index in [9.17, 15) is 9.90 Å². The second-order valence-corrected chi connectivity index (χ2v) is 13.3. The van der Waals surface area contributed by atoms with E-state index in [1.165, 1.54) is 12.7 Å². The first-order valence-corrected chi connectivity index (χ1v) is 16.1. The van der Waals surface area contributed by atoms with Gasteiger partial charge in [0, 0.05) is 40.0 Å². The molecule has 45 heavy (non-hydrogen) atoms. The van der Waals surface area contributed by atoms with E-state index >= 15 is 0 Å². The number of esters is 1. The van der Waals surface area contributed by atoms with Gasteiger partial charge in [-0.15, -0.1) is 0 Å². The number of pyridine rings is 1. The van der Waals surface area contributed by atoms with E-state index in [4.69, 9.17) is 19.9 Å². The van der Waals surface area contributed by atoms with Gasteiger partial charge in [-0.2, -0.15) is 10.2 Å². The van der Waals surface area contributed by atoms with E-state index in [1.807, 2.05) is 58.0 Å². The number of aromatic nitrogens is 5. The van der Waals surface area contributed by atoms with Gasteiger partial charge in [0.2, 0.25) is 0 Å². The summed E-state index contributed by atoms with van der Waals surface area (Å²) in [6, 6.07) is 20.2. The maximum Gasteiger partial charge on any atom is 0.312 e. The maximum atomic E-state index is 12.3. The third-order valence-corrected chi connectivity index (χ3v) is 10.2. The largest absolute Gasteiger partial charge is 0.469 e. The summed E-state index contributed by atoms with van der Waals surface area (Å²) in [4.78, 5) is 17.5. The van der Waals surface area contributed by atoms with Crippen LogP contribution in [0.2, 0.25) is 0 Å². The lowest BCUT2D eigenvalue weighted by atomic mass is 9.80. The van der Waals surface area contributed by atoms with Crippen LogP contribution in [0.15, 0.2) is 66.9 Å². The van der Waals surface area contributed by atoms with Crippen LogP contribution in [0.3, 0.4) is 0 Å². The van der Waals surface area contributed by atoms with Crippen LogP contribution in [-0.2, 0) is 16.1 Å². The summed E-state index contributed by atoms with van der Waals surface area (Å²) in [5.41, 5.74) is 8.79. The standard InChI is InChI=1S/C37H41N5O3/c1-22(2)34-24(4)42(32-15-14-30(38-23(32)3)26-16-17-37(36(44)45-5)19-27(37)18-26)40-35(34)28-12-9-13-31-29(28)20-41(39-31)21-33(43)25-10-7-6-8-11-25/h6-15,20,22,26-27,33,43H,16-19,21H2,1-5H3/t26-,27-,33+,37-/m1/s1. The number of benzene rings is 2. The highest BCUT2D eigenvalue weighted by Crippen LogP contribution is 2.64. The van der Waals surface area contributed by atoms with Gasteiger partial charge in [-0.05, 0) is 75.1 Å². The number of hydrogen-bond donors (Lipinski definition) is 1. The van der Waals surface area contributed by atoms with Gasteiger partial charge in [-0.1, -0.05) is 56.3 Å². The molecule has 0 spiro atoms. The molecule has 2 aliphatic carbocycles. The van der Waals surface area contributed by atoms with Crippen molar-refractivity contribution < 1.29 is 14.6 Å². The molecular weight excluding hydrogens is 562 g/mol. The minimum absolute atomic E-state index is 0.0378. The molecule has 4 atom stereocenters. The summed E-state index contributed by atoms with van der Waals surface area (Å²) in [6.45, 7) is 8.99. The number of aliphatic hydroxyl groups is 1. The molecule has 0 saturated heterocycles. The lowest BCUT2D eigenvalue weighted by Gasteiger charge is -2.26. The Hall–Kier alpha value is -4.30. The smallest absolute Gasteiger partial charge is 0.312 e. The van der Waals surface area contributed by atoms with Crippen molar-refractivity contribution in [1.29, 1.82) is 0 Å². The molecule has 7 rings (SSSR count). The van der Waals surface area contributed by atoms with Crippen molar-refractivity contribution in [2.75, 3.05) is 7.11 Å². The van der Waals surface area contributed by atoms with Crippen LogP contribution < -0.4 is 0 Å². The van der Waals surface area contributed by atoms with Crippen LogP contribution in [0.4, 0.5) is 0 Å². The molecular formula is C37H41N5O3. The highest BCUT2D eigenvalue weighted by atomic mass is 16.5. The molecule has 2 saturated carbocycles. The Morgan fingerprint density at radius 2 is 1.87 bits per heavy atom. The summed E-state index contributed by atoms with van der Waals surface area (Å²) in [6.07, 6.45) is 5.15. The summed E-state index contributed by atoms with van der Waals surface area (Å²) in [7, 11) is 1.50. The monoisotopic (exact) mass is 603 g/mol. The zero-order chi connectivity index (χ0) is 31.5. The summed E-state index contributed by atoms with van der Waals surface area (Å²) in [5, 5.41) is 21.9. The average molecular weight is 604 g/mol. The number of fused-ring (bicyclic) bond motifs is 2. The van der Waals surface area contributed by atoms with E-state index in [-0.39, 0.29) is 17.3 Å². The Morgan fingerprint density at radius 1 is 1.07 bits per heavy atom. The number of aliphatic hydroxyl groups excluding tert-OH is 1. The van der Waals surface area contributed by atoms with Gasteiger partial charge in [-0.25, -0.2) is 4.68 Å². The Balaban J connectivity index is 1.20. The predicted molar refractivity (Wildman–Crippen MR) is 174 cm³/mol. The van der Waals surface area contributed by atoms with Crippen LogP contribution in [-0.4, -0.2) is 42.7 Å². The van der Waals surface area contributed by atoms with Gasteiger partial charge in [0.25, 0.3) is 0 Å². The maximum absolute atomic E-state index is 12.3. The SMILES string of the molecule is COC(=O)[C@@]12CC[C@@H](c3ccc(-n4nc(-c5cccc6nn(C[C@H](O)c7ccccc7)cc56)c(C(C)C)c4C)c(C)n3)C[C@@H]1C2. The van der Waals surface area contributed by atoms with Gasteiger partial charge in [-0.3, -0.25) is 14.5 Å². The van der Waals surface area contributed by atoms with Crippen molar-refractivity contribution in [1.82, 2.24) is 24.5 Å². The third kappa shape index (κ3) is 5.05. The Morgan fingerprint density at radius 3 is 2.58 bits per heavy atom. The number of carbonyl (C=O) groups excluding carboxylic acids is 1. The molecule has 5 aromatic rings. The summed E-state index contributed by atoms with van der Waals surface area (Å²) >= 11 is 0. The molecule has 0 amide bonds. The minimum Gasteiger partial charge on any atom is -0.469 e. The fourth-order valence-corrected chi connectivity index (χ4v) is 7.73. The topological polar surface area (TPSA) is 95.1 Å². The molecule has 0 unspecified atom stereocenters. The molecule has 0 radical (unpaired) electrons. The quantitative estimate of drug-likeness (QED) is 0.189. The lowest BCUT2D eigenvalue weighted by Crippen LogP contribution is -2.25. The van der Waals surface area contributed by atoms with E-state index in [0.717, 1.165) is 76.2 Å². The number of aryl methyl sites for hydroxylation is 1. The lowest BCUT2D eigenvalue weighted by molar-refractivity contribution is -0.148. The fraction of sp³-hybridized carbons (Fsp3) is 0.405. The van der Waals surface area contributed by atoms with E-state index in [1.54, 1.807) is 0 Å². The van der Waals surface area contributed by atoms with Crippen LogP contribution >= 0.6 is 0 Å². The van der Waals surface area contributed by atoms with Crippen molar-refractivity contribution in [2.24, 2.45) is 11.3 Å². The zero-order valence-corrected chi connectivity index (χ0v) is 26.7. The van der Waals surface area contributed by atoms with Crippen LogP contribution in [0.1, 0.15) is 85.7 Å². The number of nitrogens with zero attached hydrogens (tertiary/aromatic N) is 5. The van der Waals surface area contributed by atoms with E-state index < -0.39 is 6.10 Å². The van der Waals surface area contributed by atoms with Gasteiger partial charge in [0.1, 0.15) is 0 Å². The number of methoxy groups -OCH3 is 1. The van der Waals surface area contributed by atoms with Crippen molar-refractivity contribution in [3.8, 4) is 16.9 Å². The zero-order valence-electron chi connectivity index (χ0n) is 26.7. The van der Waals surface area contributed by atoms with Gasteiger partial charge in [0.15, 0.2) is 0 Å². The molecule has 2 aliphatic rings. The number of carbonyl (C=O) groups is 1. The Bertz CT molecular complexity index is 1890. The number of hydrogen-bond acceptors (Lipinski definition) is 6. The summed E-state index contributed by atoms with van der Waals surface area (Å²) < 4.78 is 8.99. The van der Waals surface area contributed by atoms with Crippen LogP contribution in [0.5, 0.6) is 0 Å². The highest BCUT2D eigenvalue weighted by molar-refractivity contribution is 5.94. The Labute approximate surface area is 264 Å². The van der Waals surface area contributed by atoms with Gasteiger partial charge >= 0.3 is 5.97 Å². The van der Waals surface area contributed by atoms with E-state index in [0.29, 0.717) is 18.4 Å². The van der Waals surface area contributed by atoms with Crippen molar-refractivity contribution in [3.05, 3.63) is 95.1 Å². The number of ether oxygens (including phenoxy) is 1. The molecule has 232 valence electrons. The van der Waals surface area contributed by atoms with E-state index in [2.05, 4.69) is 45.9 Å². The molecule has 0 bridgehead atoms. The molecule has 8 nitrogen and oxygen atoms in total. The molecule has 3 heterocycles. The molecule has 0 aliphatic heterocycles. The highest BCUT2D eigenvalue weighted by Gasteiger charge is 2.62. The van der Waals surface area contributed by atoms with Crippen molar-refractivity contribution in [2.45, 2.75) is 77.9 Å². The molecule has 2 aromatic carbocycles. The number of rotatable bonds is 8. The van der Waals surface area contributed by atoms with Crippen LogP contribution in [0, 0.1) is 25.2 Å². The average Bonchev–Trinajstić information content (AvgIpc) is 3.49. The predicted octanol–water partition coefficient (Wildman–Crippen LogP) is 7.20.